The van der Waals surface area contributed by atoms with Crippen molar-refractivity contribution in [2.24, 2.45) is 0 Å². The highest BCUT2D eigenvalue weighted by Crippen LogP contribution is 2.37. The lowest BCUT2D eigenvalue weighted by Gasteiger charge is -2.10. The molecule has 0 saturated heterocycles. The van der Waals surface area contributed by atoms with E-state index in [-0.39, 0.29) is 0 Å². The van der Waals surface area contributed by atoms with Crippen LogP contribution in [0, 0.1) is 0 Å². The van der Waals surface area contributed by atoms with Gasteiger partial charge in [-0.3, -0.25) is 0 Å². The molecule has 0 amide bonds. The van der Waals surface area contributed by atoms with Gasteiger partial charge < -0.3 is 0 Å². The monoisotopic (exact) mass is 354 g/mol. The molecule has 0 saturated carbocycles. The van der Waals surface area contributed by atoms with Crippen LogP contribution in [-0.2, 0) is 0 Å². The van der Waals surface area contributed by atoms with Gasteiger partial charge in [0.2, 0.25) is 0 Å². The summed E-state index contributed by atoms with van der Waals surface area (Å²) in [5.41, 5.74) is 0. The smallest absolute Gasteiger partial charge is 0.174 e. The Bertz CT molecular complexity index is 989. The summed E-state index contributed by atoms with van der Waals surface area (Å²) in [6.07, 6.45) is -1.83. The summed E-state index contributed by atoms with van der Waals surface area (Å²) in [6, 6.07) is 23.1. The van der Waals surface area contributed by atoms with Crippen LogP contribution in [0.3, 0.4) is 0 Å². The zero-order chi connectivity index (χ0) is 18.4. The second-order valence-electron chi connectivity index (χ2n) is 5.09. The second kappa shape index (κ2) is 8.41. The van der Waals surface area contributed by atoms with Crippen LogP contribution in [0.25, 0.3) is 32.3 Å². The van der Waals surface area contributed by atoms with Gasteiger partial charge in [-0.1, -0.05) is 72.3 Å². The third kappa shape index (κ3) is 3.86. The van der Waals surface area contributed by atoms with Gasteiger partial charge in [0.25, 0.3) is 6.08 Å². The van der Waals surface area contributed by atoms with Gasteiger partial charge in [-0.15, -0.1) is 13.2 Å². The van der Waals surface area contributed by atoms with Crippen molar-refractivity contribution in [1.29, 1.82) is 0 Å². The second-order valence-corrected chi connectivity index (χ2v) is 5.50. The summed E-state index contributed by atoms with van der Waals surface area (Å²) in [4.78, 5) is 0. The fraction of sp³-hybridized carbons (Fsp3) is 0. The Morgan fingerprint density at radius 2 is 0.960 bits per heavy atom. The Morgan fingerprint density at radius 3 is 1.40 bits per heavy atom. The number of hydrogen-bond donors (Lipinski definition) is 0. The van der Waals surface area contributed by atoms with E-state index in [0.29, 0.717) is 0 Å². The first-order valence-electron chi connectivity index (χ1n) is 7.57. The molecule has 3 heteroatoms. The normalized spacial score (nSPS) is 9.88. The molecule has 0 aliphatic heterocycles. The van der Waals surface area contributed by atoms with E-state index in [2.05, 4.69) is 74.3 Å². The van der Waals surface area contributed by atoms with E-state index in [0.717, 1.165) is 10.4 Å². The van der Waals surface area contributed by atoms with Crippen molar-refractivity contribution in [2.75, 3.05) is 0 Å². The van der Waals surface area contributed by atoms with E-state index in [1.165, 1.54) is 26.9 Å². The first-order chi connectivity index (χ1) is 12.1. The molecule has 0 heterocycles. The Kier molecular flexibility index (Phi) is 6.26. The van der Waals surface area contributed by atoms with Crippen LogP contribution in [0.1, 0.15) is 0 Å². The number of fused-ring (bicyclic) bond motifs is 6. The molecule has 126 valence electrons. The van der Waals surface area contributed by atoms with Crippen molar-refractivity contribution in [3.05, 3.63) is 97.6 Å². The number of hydrogen-bond acceptors (Lipinski definition) is 0. The summed E-state index contributed by atoms with van der Waals surface area (Å²) in [5, 5.41) is 8.23. The first kappa shape index (κ1) is 18.6. The van der Waals surface area contributed by atoms with Gasteiger partial charge in [0.15, 0.2) is 0 Å². The summed E-state index contributed by atoms with van der Waals surface area (Å²) in [6.45, 7) is 8.22. The molecule has 0 spiro atoms. The average Bonchev–Trinajstić information content (AvgIpc) is 2.63. The highest BCUT2D eigenvalue weighted by Gasteiger charge is 2.09. The van der Waals surface area contributed by atoms with Gasteiger partial charge in [0.1, 0.15) is 0 Å². The lowest BCUT2D eigenvalue weighted by atomic mass is 9.94. The predicted molar refractivity (Wildman–Crippen MR) is 107 cm³/mol. The molecule has 0 unspecified atom stereocenters. The van der Waals surface area contributed by atoms with E-state index in [4.69, 9.17) is 11.6 Å². The quantitative estimate of drug-likeness (QED) is 0.221. The fourth-order valence-corrected chi connectivity index (χ4v) is 3.19. The SMILES string of the molecule is C=C.C=C(F)F.Clc1cccc2c3ccccc3c3ccccc3c12. The molecule has 0 fully saturated rings. The summed E-state index contributed by atoms with van der Waals surface area (Å²) < 4.78 is 20.3. The van der Waals surface area contributed by atoms with E-state index < -0.39 is 6.08 Å². The van der Waals surface area contributed by atoms with Crippen LogP contribution >= 0.6 is 11.6 Å². The van der Waals surface area contributed by atoms with Gasteiger partial charge in [-0.25, -0.2) is 0 Å². The lowest BCUT2D eigenvalue weighted by molar-refractivity contribution is 0.426. The largest absolute Gasteiger partial charge is 0.263 e. The van der Waals surface area contributed by atoms with Gasteiger partial charge in [0.05, 0.1) is 0 Å². The third-order valence-corrected chi connectivity index (χ3v) is 4.03. The zero-order valence-corrected chi connectivity index (χ0v) is 14.4. The molecule has 4 aromatic carbocycles. The van der Waals surface area contributed by atoms with E-state index in [9.17, 15) is 8.78 Å². The van der Waals surface area contributed by atoms with Crippen LogP contribution in [0.5, 0.6) is 0 Å². The van der Waals surface area contributed by atoms with Crippen LogP contribution in [0.15, 0.2) is 92.5 Å². The molecule has 0 aliphatic carbocycles. The van der Waals surface area contributed by atoms with Crippen molar-refractivity contribution >= 4 is 43.9 Å². The molecule has 0 N–H and O–H groups in total. The average molecular weight is 355 g/mol. The van der Waals surface area contributed by atoms with Crippen molar-refractivity contribution in [2.45, 2.75) is 0 Å². The molecule has 25 heavy (non-hydrogen) atoms. The molecule has 0 radical (unpaired) electrons. The van der Waals surface area contributed by atoms with Gasteiger partial charge >= 0.3 is 0 Å². The standard InChI is InChI=1S/C18H11Cl.C2H2F2.C2H4/c19-17-11-5-10-16-14-7-2-1-6-12(14)13-8-3-4-9-15(13)18(16)17;1-2(3)4;1-2/h1-11H;1H2;1-2H2. The molecule has 4 aromatic rings. The first-order valence-corrected chi connectivity index (χ1v) is 7.95. The van der Waals surface area contributed by atoms with Gasteiger partial charge in [-0.05, 0) is 39.6 Å². The van der Waals surface area contributed by atoms with Gasteiger partial charge in [-0.2, -0.15) is 8.78 Å². The summed E-state index contributed by atoms with van der Waals surface area (Å²) >= 11 is 6.44. The van der Waals surface area contributed by atoms with Crippen LogP contribution in [0.2, 0.25) is 5.02 Å². The third-order valence-electron chi connectivity index (χ3n) is 3.72. The van der Waals surface area contributed by atoms with Gasteiger partial charge in [0, 0.05) is 10.4 Å². The molecular formula is C22H17ClF2. The Hall–Kier alpha value is -2.71. The maximum absolute atomic E-state index is 10.1. The highest BCUT2D eigenvalue weighted by molar-refractivity contribution is 6.40. The zero-order valence-electron chi connectivity index (χ0n) is 13.6. The van der Waals surface area contributed by atoms with Crippen molar-refractivity contribution in [3.8, 4) is 0 Å². The van der Waals surface area contributed by atoms with Crippen molar-refractivity contribution < 1.29 is 8.78 Å². The molecule has 4 rings (SSSR count). The van der Waals surface area contributed by atoms with Crippen LogP contribution in [0.4, 0.5) is 8.78 Å². The lowest BCUT2D eigenvalue weighted by Crippen LogP contribution is -1.83. The summed E-state index contributed by atoms with van der Waals surface area (Å²) in [5.74, 6) is 0. The number of rotatable bonds is 0. The molecule has 0 aliphatic rings. The van der Waals surface area contributed by atoms with E-state index >= 15 is 0 Å². The molecular weight excluding hydrogens is 338 g/mol. The maximum atomic E-state index is 10.1. The van der Waals surface area contributed by atoms with E-state index in [1.807, 2.05) is 12.1 Å². The number of benzene rings is 4. The molecule has 0 aromatic heterocycles. The van der Waals surface area contributed by atoms with Crippen molar-refractivity contribution in [3.63, 3.8) is 0 Å². The molecule has 0 atom stereocenters. The molecule has 0 nitrogen and oxygen atoms in total. The van der Waals surface area contributed by atoms with E-state index in [1.54, 1.807) is 0 Å². The number of halogens is 3. The Morgan fingerprint density at radius 1 is 0.640 bits per heavy atom. The minimum atomic E-state index is -1.83. The van der Waals surface area contributed by atoms with Crippen molar-refractivity contribution in [1.82, 2.24) is 0 Å². The predicted octanol–water partition coefficient (Wildman–Crippen LogP) is 8.00. The highest BCUT2D eigenvalue weighted by atomic mass is 35.5. The van der Waals surface area contributed by atoms with Crippen LogP contribution in [-0.4, -0.2) is 0 Å². The minimum Gasteiger partial charge on any atom is -0.174 e. The van der Waals surface area contributed by atoms with Crippen LogP contribution < -0.4 is 0 Å². The maximum Gasteiger partial charge on any atom is 0.263 e. The topological polar surface area (TPSA) is 0 Å². The Balaban J connectivity index is 0.000000334. The molecule has 0 bridgehead atoms. The minimum absolute atomic E-state index is 0.819. The fourth-order valence-electron chi connectivity index (χ4n) is 2.91. The summed E-state index contributed by atoms with van der Waals surface area (Å²) in [7, 11) is 0. The Labute approximate surface area is 150 Å².